The number of pyridine rings is 1. The molecule has 10 heteroatoms. The Labute approximate surface area is 199 Å². The van der Waals surface area contributed by atoms with Crippen molar-refractivity contribution in [2.45, 2.75) is 42.5 Å². The normalized spacial score (nSPS) is 17.1. The molecule has 0 spiro atoms. The van der Waals surface area contributed by atoms with Crippen LogP contribution in [-0.2, 0) is 11.3 Å². The Morgan fingerprint density at radius 3 is 3.00 bits per heavy atom. The van der Waals surface area contributed by atoms with E-state index in [1.165, 1.54) is 6.92 Å². The Balaban J connectivity index is 1.58. The number of aryl methyl sites for hydroxylation is 1. The van der Waals surface area contributed by atoms with E-state index in [2.05, 4.69) is 25.5 Å². The Kier molecular flexibility index (Phi) is 6.92. The van der Waals surface area contributed by atoms with Crippen LogP contribution < -0.4 is 10.5 Å². The minimum atomic E-state index is -0.953. The second-order valence-electron chi connectivity index (χ2n) is 7.91. The Bertz CT molecular complexity index is 1140. The molecule has 1 saturated heterocycles. The molecule has 8 nitrogen and oxygen atoms in total. The molecule has 170 valence electrons. The predicted octanol–water partition coefficient (Wildman–Crippen LogP) is 3.56. The number of fused-ring (bicyclic) bond motifs is 1. The van der Waals surface area contributed by atoms with Gasteiger partial charge in [0.05, 0.1) is 12.6 Å². The molecule has 3 N–H and O–H groups in total. The van der Waals surface area contributed by atoms with Gasteiger partial charge in [-0.3, -0.25) is 4.79 Å². The largest absolute Gasteiger partial charge is 0.497 e. The fraction of sp³-hybridized carbons (Fsp3) is 0.409. The van der Waals surface area contributed by atoms with Gasteiger partial charge in [0, 0.05) is 35.2 Å². The molecule has 3 aromatic rings. The van der Waals surface area contributed by atoms with Gasteiger partial charge < -0.3 is 25.0 Å². The third-order valence-corrected chi connectivity index (χ3v) is 7.72. The fourth-order valence-electron chi connectivity index (χ4n) is 3.98. The number of halogens is 1. The number of nitrogens with two attached hydrogens (primary N) is 1. The summed E-state index contributed by atoms with van der Waals surface area (Å²) < 4.78 is 8.50. The van der Waals surface area contributed by atoms with Gasteiger partial charge in [-0.25, -0.2) is 9.97 Å². The molecule has 0 radical (unpaired) electrons. The molecule has 1 fully saturated rings. The number of carbonyl (C=O) groups is 1. The summed E-state index contributed by atoms with van der Waals surface area (Å²) in [7, 11) is 1.65. The summed E-state index contributed by atoms with van der Waals surface area (Å²) in [5.74, 6) is 1.35. The van der Waals surface area contributed by atoms with E-state index in [9.17, 15) is 9.90 Å². The molecule has 2 aromatic heterocycles. The number of aromatic nitrogens is 3. The SMILES string of the molecule is COc1ccc(Br)c(Sc2nc3c(N)nccc3n2CCC2CCN(C(=O)[C@H](C)O)C2)c1. The van der Waals surface area contributed by atoms with Crippen molar-refractivity contribution in [3.63, 3.8) is 0 Å². The zero-order valence-electron chi connectivity index (χ0n) is 18.0. The molecule has 0 aliphatic carbocycles. The predicted molar refractivity (Wildman–Crippen MR) is 128 cm³/mol. The van der Waals surface area contributed by atoms with E-state index in [-0.39, 0.29) is 5.91 Å². The lowest BCUT2D eigenvalue weighted by Crippen LogP contribution is -2.36. The zero-order chi connectivity index (χ0) is 22.8. The molecule has 0 bridgehead atoms. The summed E-state index contributed by atoms with van der Waals surface area (Å²) in [6.45, 7) is 3.62. The molecule has 2 atom stereocenters. The molecule has 1 aromatic carbocycles. The van der Waals surface area contributed by atoms with Crippen LogP contribution in [0.5, 0.6) is 5.75 Å². The number of nitrogen functional groups attached to an aromatic ring is 1. The molecular weight excluding hydrogens is 494 g/mol. The average Bonchev–Trinajstić information content (AvgIpc) is 3.38. The lowest BCUT2D eigenvalue weighted by Gasteiger charge is -2.18. The number of hydrogen-bond acceptors (Lipinski definition) is 7. The maximum Gasteiger partial charge on any atom is 0.251 e. The van der Waals surface area contributed by atoms with E-state index in [1.54, 1.807) is 30.0 Å². The first-order valence-electron chi connectivity index (χ1n) is 10.5. The van der Waals surface area contributed by atoms with E-state index in [1.807, 2.05) is 24.3 Å². The van der Waals surface area contributed by atoms with E-state index >= 15 is 0 Å². The number of carbonyl (C=O) groups excluding carboxylic acids is 1. The number of hydrogen-bond donors (Lipinski definition) is 2. The number of methoxy groups -OCH3 is 1. The van der Waals surface area contributed by atoms with Crippen molar-refractivity contribution in [2.24, 2.45) is 5.92 Å². The third kappa shape index (κ3) is 4.72. The summed E-state index contributed by atoms with van der Waals surface area (Å²) in [6.07, 6.45) is 2.57. The molecule has 1 amide bonds. The van der Waals surface area contributed by atoms with Crippen molar-refractivity contribution in [1.29, 1.82) is 0 Å². The van der Waals surface area contributed by atoms with Crippen LogP contribution in [0.3, 0.4) is 0 Å². The number of rotatable bonds is 7. The molecule has 1 aliphatic rings. The van der Waals surface area contributed by atoms with Crippen molar-refractivity contribution in [2.75, 3.05) is 25.9 Å². The van der Waals surface area contributed by atoms with Gasteiger partial charge in [-0.1, -0.05) is 11.8 Å². The van der Waals surface area contributed by atoms with E-state index in [4.69, 9.17) is 15.5 Å². The number of likely N-dealkylation sites (tertiary alicyclic amines) is 1. The van der Waals surface area contributed by atoms with Gasteiger partial charge >= 0.3 is 0 Å². The van der Waals surface area contributed by atoms with E-state index in [0.29, 0.717) is 30.3 Å². The second kappa shape index (κ2) is 9.68. The highest BCUT2D eigenvalue weighted by Gasteiger charge is 2.28. The summed E-state index contributed by atoms with van der Waals surface area (Å²) in [6, 6.07) is 7.76. The van der Waals surface area contributed by atoms with Crippen molar-refractivity contribution in [1.82, 2.24) is 19.4 Å². The van der Waals surface area contributed by atoms with E-state index in [0.717, 1.165) is 45.2 Å². The first-order chi connectivity index (χ1) is 15.4. The number of aliphatic hydroxyl groups is 1. The maximum absolute atomic E-state index is 12.1. The Morgan fingerprint density at radius 2 is 2.25 bits per heavy atom. The van der Waals surface area contributed by atoms with Crippen LogP contribution in [0.25, 0.3) is 11.0 Å². The van der Waals surface area contributed by atoms with Gasteiger partial charge in [0.15, 0.2) is 11.0 Å². The highest BCUT2D eigenvalue weighted by atomic mass is 79.9. The number of amides is 1. The van der Waals surface area contributed by atoms with Crippen LogP contribution >= 0.6 is 27.7 Å². The highest BCUT2D eigenvalue weighted by molar-refractivity contribution is 9.10. The first-order valence-corrected chi connectivity index (χ1v) is 12.1. The number of benzene rings is 1. The standard InChI is InChI=1S/C22H26BrN5O3S/c1-13(29)21(30)27-9-6-14(12-27)7-10-28-17-5-8-25-20(24)19(17)26-22(28)32-18-11-15(31-2)3-4-16(18)23/h3-5,8,11,13-14,29H,6-7,9-10,12H2,1-2H3,(H2,24,25)/t13-,14?/m0/s1. The van der Waals surface area contributed by atoms with Crippen LogP contribution in [0.4, 0.5) is 5.82 Å². The first kappa shape index (κ1) is 22.9. The van der Waals surface area contributed by atoms with Crippen molar-refractivity contribution >= 4 is 50.5 Å². The molecule has 0 saturated carbocycles. The summed E-state index contributed by atoms with van der Waals surface area (Å²) >= 11 is 5.16. The monoisotopic (exact) mass is 519 g/mol. The van der Waals surface area contributed by atoms with Gasteiger partial charge in [0.2, 0.25) is 0 Å². The Morgan fingerprint density at radius 1 is 1.44 bits per heavy atom. The van der Waals surface area contributed by atoms with Crippen LogP contribution in [0.2, 0.25) is 0 Å². The number of nitrogens with zero attached hydrogens (tertiary/aromatic N) is 4. The summed E-state index contributed by atoms with van der Waals surface area (Å²) in [4.78, 5) is 23.8. The van der Waals surface area contributed by atoms with Gasteiger partial charge in [-0.2, -0.15) is 0 Å². The fourth-order valence-corrected chi connectivity index (χ4v) is 5.44. The molecule has 1 aliphatic heterocycles. The second-order valence-corrected chi connectivity index (χ2v) is 9.78. The lowest BCUT2D eigenvalue weighted by atomic mass is 10.1. The topological polar surface area (TPSA) is 107 Å². The quantitative estimate of drug-likeness (QED) is 0.491. The minimum absolute atomic E-state index is 0.196. The van der Waals surface area contributed by atoms with Gasteiger partial charge in [0.1, 0.15) is 17.4 Å². The van der Waals surface area contributed by atoms with Crippen LogP contribution in [-0.4, -0.2) is 56.8 Å². The highest BCUT2D eigenvalue weighted by Crippen LogP contribution is 2.38. The number of anilines is 1. The molecular formula is C22H26BrN5O3S. The summed E-state index contributed by atoms with van der Waals surface area (Å²) in [5.41, 5.74) is 7.74. The molecule has 4 rings (SSSR count). The Hall–Kier alpha value is -2.30. The number of ether oxygens (including phenoxy) is 1. The number of aliphatic hydroxyl groups excluding tert-OH is 1. The van der Waals surface area contributed by atoms with Gasteiger partial charge in [-0.05, 0) is 65.9 Å². The number of imidazole rings is 1. The smallest absolute Gasteiger partial charge is 0.251 e. The van der Waals surface area contributed by atoms with Gasteiger partial charge in [-0.15, -0.1) is 0 Å². The van der Waals surface area contributed by atoms with Crippen LogP contribution in [0.15, 0.2) is 45.0 Å². The maximum atomic E-state index is 12.1. The summed E-state index contributed by atoms with van der Waals surface area (Å²) in [5, 5.41) is 10.4. The van der Waals surface area contributed by atoms with Crippen LogP contribution in [0, 0.1) is 5.92 Å². The van der Waals surface area contributed by atoms with Gasteiger partial charge in [0.25, 0.3) is 5.91 Å². The minimum Gasteiger partial charge on any atom is -0.497 e. The molecule has 3 heterocycles. The van der Waals surface area contributed by atoms with Crippen molar-refractivity contribution in [3.8, 4) is 5.75 Å². The van der Waals surface area contributed by atoms with E-state index < -0.39 is 6.10 Å². The van der Waals surface area contributed by atoms with Crippen LogP contribution in [0.1, 0.15) is 19.8 Å². The van der Waals surface area contributed by atoms with Crippen molar-refractivity contribution in [3.05, 3.63) is 34.9 Å². The third-order valence-electron chi connectivity index (χ3n) is 5.72. The van der Waals surface area contributed by atoms with Crippen molar-refractivity contribution < 1.29 is 14.6 Å². The molecule has 1 unspecified atom stereocenters. The average molecular weight is 520 g/mol. The lowest BCUT2D eigenvalue weighted by molar-refractivity contribution is -0.138. The zero-order valence-corrected chi connectivity index (χ0v) is 20.4. The molecule has 32 heavy (non-hydrogen) atoms.